The minimum Gasteiger partial charge on any atom is -0.0827 e. The summed E-state index contributed by atoms with van der Waals surface area (Å²) in [6.45, 7) is 5.21. The highest BCUT2D eigenvalue weighted by Gasteiger charge is 2.37. The fourth-order valence-corrected chi connectivity index (χ4v) is 4.86. The third kappa shape index (κ3) is 1.74. The van der Waals surface area contributed by atoms with E-state index in [9.17, 15) is 0 Å². The van der Waals surface area contributed by atoms with Crippen molar-refractivity contribution in [3.05, 3.63) is 58.6 Å². The van der Waals surface area contributed by atoms with E-state index in [2.05, 4.69) is 62.2 Å². The molecule has 0 bridgehead atoms. The van der Waals surface area contributed by atoms with E-state index in [1.54, 1.807) is 0 Å². The van der Waals surface area contributed by atoms with Crippen molar-refractivity contribution in [1.82, 2.24) is 0 Å². The van der Waals surface area contributed by atoms with Crippen molar-refractivity contribution >= 4 is 58.5 Å². The molecule has 0 spiro atoms. The maximum atomic E-state index is 6.32. The van der Waals surface area contributed by atoms with E-state index in [4.69, 9.17) is 23.2 Å². The molecular weight excluding hydrogens is 333 g/mol. The summed E-state index contributed by atoms with van der Waals surface area (Å²) in [5, 5.41) is 1.29. The lowest BCUT2D eigenvalue weighted by Gasteiger charge is -2.36. The predicted molar refractivity (Wildman–Crippen MR) is 109 cm³/mol. The van der Waals surface area contributed by atoms with Gasteiger partial charge >= 0.3 is 0 Å². The summed E-state index contributed by atoms with van der Waals surface area (Å²) in [7, 11) is 0. The van der Waals surface area contributed by atoms with Crippen LogP contribution in [0.5, 0.6) is 0 Å². The molecule has 1 aliphatic heterocycles. The van der Waals surface area contributed by atoms with E-state index in [1.165, 1.54) is 44.1 Å². The summed E-state index contributed by atoms with van der Waals surface area (Å²) in [6, 6.07) is 17.4. The molecule has 114 valence electrons. The number of hydrogen-bond acceptors (Lipinski definition) is 0. The van der Waals surface area contributed by atoms with Gasteiger partial charge in [0.05, 0.1) is 10.0 Å². The summed E-state index contributed by atoms with van der Waals surface area (Å²) in [4.78, 5) is 0. The summed E-state index contributed by atoms with van der Waals surface area (Å²) < 4.78 is 0. The van der Waals surface area contributed by atoms with Gasteiger partial charge in [0, 0.05) is 0 Å². The van der Waals surface area contributed by atoms with Gasteiger partial charge in [0.2, 0.25) is 13.4 Å². The molecule has 0 nitrogen and oxygen atoms in total. The Morgan fingerprint density at radius 1 is 0.667 bits per heavy atom. The number of fused-ring (bicyclic) bond motifs is 7. The number of hydrogen-bond donors (Lipinski definition) is 0. The minimum absolute atomic E-state index is 0.323. The van der Waals surface area contributed by atoms with Crippen molar-refractivity contribution in [1.29, 1.82) is 0 Å². The molecule has 0 amide bonds. The van der Waals surface area contributed by atoms with Crippen LogP contribution in [-0.4, -0.2) is 13.4 Å². The lowest BCUT2D eigenvalue weighted by Crippen LogP contribution is -2.67. The van der Waals surface area contributed by atoms with Crippen LogP contribution in [0.25, 0.3) is 22.3 Å². The van der Waals surface area contributed by atoms with Crippen molar-refractivity contribution < 1.29 is 0 Å². The zero-order valence-electron chi connectivity index (χ0n) is 13.5. The van der Waals surface area contributed by atoms with Crippen molar-refractivity contribution in [2.75, 3.05) is 0 Å². The van der Waals surface area contributed by atoms with Gasteiger partial charge in [-0.05, 0) is 34.4 Å². The molecule has 0 fully saturated rings. The van der Waals surface area contributed by atoms with Crippen molar-refractivity contribution in [2.24, 2.45) is 0 Å². The van der Waals surface area contributed by atoms with Crippen LogP contribution in [0.3, 0.4) is 0 Å². The molecule has 0 aromatic heterocycles. The van der Waals surface area contributed by atoms with Gasteiger partial charge in [-0.25, -0.2) is 0 Å². The lowest BCUT2D eigenvalue weighted by molar-refractivity contribution is 1.54. The molecule has 1 aliphatic carbocycles. The van der Waals surface area contributed by atoms with E-state index in [0.29, 0.717) is 23.5 Å². The monoisotopic (exact) mass is 346 g/mol. The fourth-order valence-electron chi connectivity index (χ4n) is 4.52. The Hall–Kier alpha value is -1.63. The second-order valence-electron chi connectivity index (χ2n) is 6.88. The van der Waals surface area contributed by atoms with Crippen LogP contribution in [0.4, 0.5) is 0 Å². The van der Waals surface area contributed by atoms with E-state index < -0.39 is 0 Å². The standard InChI is InChI=1S/C20H14B2Cl2/c1-21-14-8-7-13-11-5-3-4-6-12(11)19(13)20(14)22(2)16-10-18(24)17(23)9-15(16)21/h3-10H,1-2H3. The molecule has 4 heteroatoms. The molecule has 1 heterocycles. The van der Waals surface area contributed by atoms with Crippen LogP contribution in [0.2, 0.25) is 23.7 Å². The molecule has 0 unspecified atom stereocenters. The summed E-state index contributed by atoms with van der Waals surface area (Å²) in [5.41, 5.74) is 11.1. The zero-order chi connectivity index (χ0) is 16.6. The van der Waals surface area contributed by atoms with Crippen LogP contribution in [0, 0.1) is 0 Å². The molecule has 0 atom stereocenters. The molecular formula is C20H14B2Cl2. The third-order valence-corrected chi connectivity index (χ3v) is 6.45. The molecule has 0 N–H and O–H groups in total. The normalized spacial score (nSPS) is 13.7. The predicted octanol–water partition coefficient (Wildman–Crippen LogP) is 3.43. The van der Waals surface area contributed by atoms with E-state index >= 15 is 0 Å². The van der Waals surface area contributed by atoms with Crippen LogP contribution in [0.15, 0.2) is 48.5 Å². The van der Waals surface area contributed by atoms with Gasteiger partial charge < -0.3 is 0 Å². The molecule has 3 aromatic rings. The molecule has 5 rings (SSSR count). The number of halogens is 2. The van der Waals surface area contributed by atoms with Crippen molar-refractivity contribution in [2.45, 2.75) is 13.6 Å². The Morgan fingerprint density at radius 2 is 1.29 bits per heavy atom. The molecule has 3 aromatic carbocycles. The minimum atomic E-state index is 0.323. The first-order valence-corrected chi connectivity index (χ1v) is 9.09. The highest BCUT2D eigenvalue weighted by molar-refractivity contribution is 7.02. The first-order valence-electron chi connectivity index (χ1n) is 8.33. The molecule has 0 radical (unpaired) electrons. The maximum Gasteiger partial charge on any atom is 0.205 e. The van der Waals surface area contributed by atoms with Gasteiger partial charge in [0.25, 0.3) is 0 Å². The van der Waals surface area contributed by atoms with Gasteiger partial charge in [-0.2, -0.15) is 0 Å². The van der Waals surface area contributed by atoms with Crippen molar-refractivity contribution in [3.63, 3.8) is 0 Å². The Kier molecular flexibility index (Phi) is 3.02. The molecule has 0 saturated carbocycles. The second-order valence-corrected chi connectivity index (χ2v) is 7.69. The Morgan fingerprint density at radius 3 is 2.00 bits per heavy atom. The molecule has 24 heavy (non-hydrogen) atoms. The second kappa shape index (κ2) is 4.94. The molecule has 2 aliphatic rings. The zero-order valence-corrected chi connectivity index (χ0v) is 15.0. The summed E-state index contributed by atoms with van der Waals surface area (Å²) in [5.74, 6) is 0. The van der Waals surface area contributed by atoms with Crippen LogP contribution in [-0.2, 0) is 0 Å². The number of rotatable bonds is 0. The smallest absolute Gasteiger partial charge is 0.0827 e. The Labute approximate surface area is 153 Å². The highest BCUT2D eigenvalue weighted by Crippen LogP contribution is 2.45. The Balaban J connectivity index is 1.79. The van der Waals surface area contributed by atoms with Crippen LogP contribution in [0.1, 0.15) is 0 Å². The summed E-state index contributed by atoms with van der Waals surface area (Å²) >= 11 is 12.6. The van der Waals surface area contributed by atoms with Crippen LogP contribution >= 0.6 is 23.2 Å². The quantitative estimate of drug-likeness (QED) is 0.428. The third-order valence-electron chi connectivity index (χ3n) is 5.72. The largest absolute Gasteiger partial charge is 0.205 e. The maximum absolute atomic E-state index is 6.32. The average Bonchev–Trinajstić information content (AvgIpc) is 2.58. The topological polar surface area (TPSA) is 0 Å². The SMILES string of the molecule is CB1c2cc(Cl)c(Cl)cc2B(C)c2c1ccc1c2-c2ccccc2-1. The van der Waals surface area contributed by atoms with E-state index in [-0.39, 0.29) is 0 Å². The fraction of sp³-hybridized carbons (Fsp3) is 0.100. The molecule has 0 saturated heterocycles. The average molecular weight is 347 g/mol. The van der Waals surface area contributed by atoms with Gasteiger partial charge in [0.15, 0.2) is 0 Å². The van der Waals surface area contributed by atoms with Gasteiger partial charge in [0.1, 0.15) is 0 Å². The van der Waals surface area contributed by atoms with Gasteiger partial charge in [-0.3, -0.25) is 0 Å². The first-order chi connectivity index (χ1) is 11.6. The lowest BCUT2D eigenvalue weighted by atomic mass is 9.24. The van der Waals surface area contributed by atoms with Crippen molar-refractivity contribution in [3.8, 4) is 22.3 Å². The summed E-state index contributed by atoms with van der Waals surface area (Å²) in [6.07, 6.45) is 0. The van der Waals surface area contributed by atoms with Gasteiger partial charge in [-0.1, -0.05) is 95.1 Å². The van der Waals surface area contributed by atoms with Gasteiger partial charge in [-0.15, -0.1) is 0 Å². The van der Waals surface area contributed by atoms with E-state index in [0.717, 1.165) is 0 Å². The Bertz CT molecular complexity index is 1030. The first kappa shape index (κ1) is 14.7. The van der Waals surface area contributed by atoms with Crippen LogP contribution < -0.4 is 21.9 Å². The van der Waals surface area contributed by atoms with E-state index in [1.807, 2.05) is 0 Å². The number of benzene rings is 3. The highest BCUT2D eigenvalue weighted by atomic mass is 35.5.